The number of pyridine rings is 1. The summed E-state index contributed by atoms with van der Waals surface area (Å²) in [4.78, 5) is 27.1. The van der Waals surface area contributed by atoms with Gasteiger partial charge >= 0.3 is 11.7 Å². The lowest BCUT2D eigenvalue weighted by atomic mass is 10.0. The zero-order chi connectivity index (χ0) is 14.9. The Bertz CT molecular complexity index is 564. The van der Waals surface area contributed by atoms with Gasteiger partial charge in [-0.25, -0.2) is 0 Å². The van der Waals surface area contributed by atoms with Crippen LogP contribution in [0.25, 0.3) is 0 Å². The number of aliphatic carboxylic acids is 1. The van der Waals surface area contributed by atoms with E-state index in [4.69, 9.17) is 15.6 Å². The second-order valence-corrected chi connectivity index (χ2v) is 4.59. The van der Waals surface area contributed by atoms with Crippen LogP contribution in [0.5, 0.6) is 5.88 Å². The standard InChI is InChI=1S/C11H14N4O5/c1-20-8-3-2-7(15(18)19)9(13-8)14-5-4-11(12,6-14)10(16)17/h2-3H,4-6,12H2,1H3,(H,16,17). The predicted octanol–water partition coefficient (Wildman–Crippen LogP) is -0.00940. The summed E-state index contributed by atoms with van der Waals surface area (Å²) in [6.45, 7) is 0.243. The molecule has 1 fully saturated rings. The molecule has 1 unspecified atom stereocenters. The normalized spacial score (nSPS) is 21.8. The smallest absolute Gasteiger partial charge is 0.325 e. The molecule has 9 heteroatoms. The number of nitro groups is 1. The highest BCUT2D eigenvalue weighted by Crippen LogP contribution is 2.32. The third-order valence-corrected chi connectivity index (χ3v) is 3.26. The molecule has 0 bridgehead atoms. The molecule has 3 N–H and O–H groups in total. The summed E-state index contributed by atoms with van der Waals surface area (Å²) >= 11 is 0. The highest BCUT2D eigenvalue weighted by Gasteiger charge is 2.43. The number of carboxylic acids is 1. The quantitative estimate of drug-likeness (QED) is 0.582. The van der Waals surface area contributed by atoms with Crippen LogP contribution < -0.4 is 15.4 Å². The molecular weight excluding hydrogens is 268 g/mol. The fraction of sp³-hybridized carbons (Fsp3) is 0.455. The van der Waals surface area contributed by atoms with Crippen LogP contribution in [0.4, 0.5) is 11.5 Å². The Morgan fingerprint density at radius 3 is 2.85 bits per heavy atom. The largest absolute Gasteiger partial charge is 0.481 e. The molecule has 9 nitrogen and oxygen atoms in total. The van der Waals surface area contributed by atoms with Gasteiger partial charge in [-0.15, -0.1) is 0 Å². The Morgan fingerprint density at radius 2 is 2.35 bits per heavy atom. The number of rotatable bonds is 4. The van der Waals surface area contributed by atoms with Crippen LogP contribution in [0, 0.1) is 10.1 Å². The number of ether oxygens (including phenoxy) is 1. The van der Waals surface area contributed by atoms with Crippen molar-refractivity contribution < 1.29 is 19.6 Å². The maximum atomic E-state index is 11.1. The number of nitrogens with zero attached hydrogens (tertiary/aromatic N) is 3. The molecule has 2 heterocycles. The summed E-state index contributed by atoms with van der Waals surface area (Å²) in [5.74, 6) is -0.844. The van der Waals surface area contributed by atoms with E-state index in [9.17, 15) is 14.9 Å². The van der Waals surface area contributed by atoms with Crippen LogP contribution in [-0.2, 0) is 4.79 Å². The monoisotopic (exact) mass is 282 g/mol. The van der Waals surface area contributed by atoms with Gasteiger partial charge in [-0.05, 0) is 6.42 Å². The molecule has 1 atom stereocenters. The Balaban J connectivity index is 2.37. The lowest BCUT2D eigenvalue weighted by Crippen LogP contribution is -2.50. The van der Waals surface area contributed by atoms with Gasteiger partial charge in [0.15, 0.2) is 0 Å². The molecule has 108 valence electrons. The molecule has 0 saturated carbocycles. The van der Waals surface area contributed by atoms with Crippen molar-refractivity contribution in [3.63, 3.8) is 0 Å². The fourth-order valence-electron chi connectivity index (χ4n) is 2.10. The average Bonchev–Trinajstić information content (AvgIpc) is 2.82. The maximum Gasteiger partial charge on any atom is 0.325 e. The fourth-order valence-corrected chi connectivity index (χ4v) is 2.10. The van der Waals surface area contributed by atoms with Gasteiger partial charge in [-0.1, -0.05) is 0 Å². The van der Waals surface area contributed by atoms with E-state index in [0.29, 0.717) is 0 Å². The first-order valence-corrected chi connectivity index (χ1v) is 5.84. The molecule has 0 aromatic carbocycles. The summed E-state index contributed by atoms with van der Waals surface area (Å²) in [6, 6.07) is 2.66. The molecule has 1 aliphatic heterocycles. The Morgan fingerprint density at radius 1 is 1.65 bits per heavy atom. The second-order valence-electron chi connectivity index (χ2n) is 4.59. The molecule has 1 aliphatic rings. The van der Waals surface area contributed by atoms with E-state index in [2.05, 4.69) is 4.98 Å². The van der Waals surface area contributed by atoms with Gasteiger partial charge in [0, 0.05) is 25.2 Å². The van der Waals surface area contributed by atoms with Crippen LogP contribution in [0.2, 0.25) is 0 Å². The van der Waals surface area contributed by atoms with Crippen LogP contribution in [-0.4, -0.2) is 46.7 Å². The number of carboxylic acid groups (broad SMARTS) is 1. The molecule has 1 saturated heterocycles. The molecule has 1 aromatic heterocycles. The number of carbonyl (C=O) groups is 1. The highest BCUT2D eigenvalue weighted by molar-refractivity contribution is 5.81. The predicted molar refractivity (Wildman–Crippen MR) is 68.8 cm³/mol. The maximum absolute atomic E-state index is 11.1. The zero-order valence-corrected chi connectivity index (χ0v) is 10.8. The molecule has 1 aromatic rings. The van der Waals surface area contributed by atoms with Gasteiger partial charge < -0.3 is 20.5 Å². The molecule has 0 amide bonds. The molecule has 0 spiro atoms. The van der Waals surface area contributed by atoms with E-state index in [-0.39, 0.29) is 36.9 Å². The van der Waals surface area contributed by atoms with Crippen LogP contribution in [0.15, 0.2) is 12.1 Å². The minimum absolute atomic E-state index is 0.0384. The molecule has 20 heavy (non-hydrogen) atoms. The highest BCUT2D eigenvalue weighted by atomic mass is 16.6. The molecule has 0 radical (unpaired) electrons. The van der Waals surface area contributed by atoms with E-state index in [0.717, 1.165) is 0 Å². The van der Waals surface area contributed by atoms with E-state index < -0.39 is 16.4 Å². The Labute approximate surface area is 114 Å². The van der Waals surface area contributed by atoms with Gasteiger partial charge in [0.1, 0.15) is 5.54 Å². The van der Waals surface area contributed by atoms with Gasteiger partial charge in [0.25, 0.3) is 0 Å². The van der Waals surface area contributed by atoms with Crippen molar-refractivity contribution in [3.8, 4) is 5.88 Å². The van der Waals surface area contributed by atoms with Gasteiger partial charge in [-0.3, -0.25) is 14.9 Å². The second kappa shape index (κ2) is 4.93. The first-order valence-electron chi connectivity index (χ1n) is 5.84. The zero-order valence-electron chi connectivity index (χ0n) is 10.8. The summed E-state index contributed by atoms with van der Waals surface area (Å²) in [7, 11) is 1.40. The summed E-state index contributed by atoms with van der Waals surface area (Å²) in [5, 5.41) is 20.1. The minimum atomic E-state index is -1.42. The third-order valence-electron chi connectivity index (χ3n) is 3.26. The van der Waals surface area contributed by atoms with Crippen LogP contribution in [0.3, 0.4) is 0 Å². The SMILES string of the molecule is COc1ccc([N+](=O)[O-])c(N2CCC(N)(C(=O)O)C2)n1. The first kappa shape index (κ1) is 14.0. The Hall–Kier alpha value is -2.42. The molecule has 2 rings (SSSR count). The van der Waals surface area contributed by atoms with Crippen molar-refractivity contribution in [2.24, 2.45) is 5.73 Å². The summed E-state index contributed by atoms with van der Waals surface area (Å²) in [6.07, 6.45) is 0.193. The number of hydrogen-bond acceptors (Lipinski definition) is 7. The number of nitrogens with two attached hydrogens (primary N) is 1. The minimum Gasteiger partial charge on any atom is -0.481 e. The van der Waals surface area contributed by atoms with Crippen molar-refractivity contribution in [1.29, 1.82) is 0 Å². The van der Waals surface area contributed by atoms with E-state index in [1.54, 1.807) is 0 Å². The number of hydrogen-bond donors (Lipinski definition) is 2. The third kappa shape index (κ3) is 2.35. The molecular formula is C11H14N4O5. The topological polar surface area (TPSA) is 132 Å². The van der Waals surface area contributed by atoms with Gasteiger partial charge in [-0.2, -0.15) is 4.98 Å². The van der Waals surface area contributed by atoms with E-state index in [1.807, 2.05) is 0 Å². The van der Waals surface area contributed by atoms with Crippen LogP contribution >= 0.6 is 0 Å². The van der Waals surface area contributed by atoms with Gasteiger partial charge in [0.2, 0.25) is 11.7 Å². The lowest BCUT2D eigenvalue weighted by Gasteiger charge is -2.20. The van der Waals surface area contributed by atoms with Crippen LogP contribution in [0.1, 0.15) is 6.42 Å². The number of anilines is 1. The first-order chi connectivity index (χ1) is 9.37. The average molecular weight is 282 g/mol. The lowest BCUT2D eigenvalue weighted by molar-refractivity contribution is -0.384. The van der Waals surface area contributed by atoms with Crippen molar-refractivity contribution >= 4 is 17.5 Å². The summed E-state index contributed by atoms with van der Waals surface area (Å²) < 4.78 is 4.94. The number of aromatic nitrogens is 1. The number of methoxy groups -OCH3 is 1. The van der Waals surface area contributed by atoms with E-state index in [1.165, 1.54) is 24.1 Å². The van der Waals surface area contributed by atoms with Crippen molar-refractivity contribution in [2.45, 2.75) is 12.0 Å². The van der Waals surface area contributed by atoms with Crippen molar-refractivity contribution in [3.05, 3.63) is 22.2 Å². The van der Waals surface area contributed by atoms with E-state index >= 15 is 0 Å². The Kier molecular flexibility index (Phi) is 3.45. The molecule has 0 aliphatic carbocycles. The van der Waals surface area contributed by atoms with Gasteiger partial charge in [0.05, 0.1) is 12.0 Å². The van der Waals surface area contributed by atoms with Crippen molar-refractivity contribution in [1.82, 2.24) is 4.98 Å². The van der Waals surface area contributed by atoms with Crippen molar-refractivity contribution in [2.75, 3.05) is 25.1 Å². The summed E-state index contributed by atoms with van der Waals surface area (Å²) in [5.41, 5.74) is 4.13.